The number of piperidine rings is 1. The Hall–Kier alpha value is -2.16. The fourth-order valence-electron chi connectivity index (χ4n) is 3.25. The van der Waals surface area contributed by atoms with Crippen molar-refractivity contribution < 1.29 is 22.7 Å². The van der Waals surface area contributed by atoms with Gasteiger partial charge in [-0.2, -0.15) is 8.78 Å². The first-order chi connectivity index (χ1) is 12.9. The average Bonchev–Trinajstić information content (AvgIpc) is 3.08. The molecule has 0 spiro atoms. The Morgan fingerprint density at radius 2 is 1.93 bits per heavy atom. The maximum absolute atomic E-state index is 12.4. The van der Waals surface area contributed by atoms with Gasteiger partial charge < -0.3 is 14.1 Å². The number of amides is 1. The Morgan fingerprint density at radius 1 is 1.26 bits per heavy atom. The molecule has 6 nitrogen and oxygen atoms in total. The quantitative estimate of drug-likeness (QED) is 0.688. The lowest BCUT2D eigenvalue weighted by Gasteiger charge is -2.34. The molecular weight excluding hydrogens is 376 g/mol. The molecule has 0 N–H and O–H groups in total. The van der Waals surface area contributed by atoms with Gasteiger partial charge in [0.2, 0.25) is 11.8 Å². The molecule has 0 aliphatic carbocycles. The summed E-state index contributed by atoms with van der Waals surface area (Å²) < 4.78 is 34.2. The average molecular weight is 397 g/mol. The van der Waals surface area contributed by atoms with Gasteiger partial charge in [0.25, 0.3) is 5.22 Å². The number of carbonyl (C=O) groups excluding carboxylic acids is 1. The smallest absolute Gasteiger partial charge is 0.387 e. The van der Waals surface area contributed by atoms with Crippen molar-refractivity contribution in [1.29, 1.82) is 0 Å². The monoisotopic (exact) mass is 397 g/mol. The molecule has 27 heavy (non-hydrogen) atoms. The minimum absolute atomic E-state index is 0.0541. The van der Waals surface area contributed by atoms with Gasteiger partial charge in [-0.3, -0.25) is 4.79 Å². The van der Waals surface area contributed by atoms with E-state index in [-0.39, 0.29) is 23.3 Å². The molecule has 3 rings (SSSR count). The van der Waals surface area contributed by atoms with Crippen LogP contribution in [0.3, 0.4) is 0 Å². The lowest BCUT2D eigenvalue weighted by Crippen LogP contribution is -2.43. The highest BCUT2D eigenvalue weighted by atomic mass is 32.2. The van der Waals surface area contributed by atoms with Crippen LogP contribution in [0.25, 0.3) is 11.5 Å². The van der Waals surface area contributed by atoms with E-state index in [0.717, 1.165) is 19.5 Å². The third-order valence-corrected chi connectivity index (χ3v) is 5.08. The van der Waals surface area contributed by atoms with Gasteiger partial charge in [-0.15, -0.1) is 10.2 Å². The molecule has 1 saturated heterocycles. The van der Waals surface area contributed by atoms with Gasteiger partial charge in [-0.05, 0) is 42.5 Å². The zero-order chi connectivity index (χ0) is 19.4. The number of hydrogen-bond donors (Lipinski definition) is 0. The molecule has 2 unspecified atom stereocenters. The molecular formula is C18H21F2N3O3S. The van der Waals surface area contributed by atoms with Gasteiger partial charge in [-0.1, -0.05) is 25.6 Å². The standard InChI is InChI=1S/C18H21F2N3O3S/c1-11-7-12(2)9-23(8-11)15(24)10-27-18-22-21-16(26-18)13-3-5-14(6-4-13)25-17(19)20/h3-6,11-12,17H,7-10H2,1-2H3. The van der Waals surface area contributed by atoms with E-state index in [0.29, 0.717) is 22.6 Å². The van der Waals surface area contributed by atoms with Crippen LogP contribution in [0.2, 0.25) is 0 Å². The Morgan fingerprint density at radius 3 is 2.56 bits per heavy atom. The second-order valence-electron chi connectivity index (χ2n) is 6.81. The summed E-state index contributed by atoms with van der Waals surface area (Å²) in [5.41, 5.74) is 0.584. The van der Waals surface area contributed by atoms with Crippen molar-refractivity contribution in [3.05, 3.63) is 24.3 Å². The van der Waals surface area contributed by atoms with Crippen LogP contribution in [-0.2, 0) is 4.79 Å². The van der Waals surface area contributed by atoms with Crippen molar-refractivity contribution in [2.24, 2.45) is 11.8 Å². The molecule has 2 aromatic rings. The number of hydrogen-bond acceptors (Lipinski definition) is 6. The summed E-state index contributed by atoms with van der Waals surface area (Å²) in [6, 6.07) is 5.92. The number of halogens is 2. The Bertz CT molecular complexity index is 759. The van der Waals surface area contributed by atoms with Crippen molar-refractivity contribution >= 4 is 17.7 Å². The summed E-state index contributed by atoms with van der Waals surface area (Å²) in [6.07, 6.45) is 1.14. The first kappa shape index (κ1) is 19.6. The highest BCUT2D eigenvalue weighted by Crippen LogP contribution is 2.26. The number of likely N-dealkylation sites (tertiary alicyclic amines) is 1. The van der Waals surface area contributed by atoms with E-state index < -0.39 is 6.61 Å². The van der Waals surface area contributed by atoms with Gasteiger partial charge in [-0.25, -0.2) is 0 Å². The molecule has 1 amide bonds. The zero-order valence-corrected chi connectivity index (χ0v) is 15.9. The van der Waals surface area contributed by atoms with Crippen LogP contribution < -0.4 is 4.74 Å². The van der Waals surface area contributed by atoms with Crippen molar-refractivity contribution in [1.82, 2.24) is 15.1 Å². The van der Waals surface area contributed by atoms with Crippen molar-refractivity contribution in [2.75, 3.05) is 18.8 Å². The number of rotatable bonds is 6. The fourth-order valence-corrected chi connectivity index (χ4v) is 3.91. The topological polar surface area (TPSA) is 68.5 Å². The molecule has 0 bridgehead atoms. The van der Waals surface area contributed by atoms with Crippen molar-refractivity contribution in [3.8, 4) is 17.2 Å². The van der Waals surface area contributed by atoms with Crippen LogP contribution in [0.15, 0.2) is 33.9 Å². The van der Waals surface area contributed by atoms with Crippen molar-refractivity contribution in [2.45, 2.75) is 32.1 Å². The van der Waals surface area contributed by atoms with E-state index in [1.54, 1.807) is 12.1 Å². The third kappa shape index (κ3) is 5.41. The number of thioether (sulfide) groups is 1. The number of nitrogens with zero attached hydrogens (tertiary/aromatic N) is 3. The lowest BCUT2D eigenvalue weighted by molar-refractivity contribution is -0.130. The Balaban J connectivity index is 1.55. The molecule has 0 radical (unpaired) electrons. The van der Waals surface area contributed by atoms with E-state index in [2.05, 4.69) is 28.8 Å². The maximum atomic E-state index is 12.4. The predicted molar refractivity (Wildman–Crippen MR) is 96.6 cm³/mol. The second kappa shape index (κ2) is 8.69. The van der Waals surface area contributed by atoms with Crippen LogP contribution in [-0.4, -0.2) is 46.5 Å². The van der Waals surface area contributed by atoms with Gasteiger partial charge in [0.15, 0.2) is 0 Å². The molecule has 2 atom stereocenters. The molecule has 2 heterocycles. The molecule has 1 aromatic heterocycles. The first-order valence-corrected chi connectivity index (χ1v) is 9.68. The highest BCUT2D eigenvalue weighted by Gasteiger charge is 2.25. The highest BCUT2D eigenvalue weighted by molar-refractivity contribution is 7.99. The number of benzene rings is 1. The normalized spacial score (nSPS) is 20.1. The minimum atomic E-state index is -2.87. The summed E-state index contributed by atoms with van der Waals surface area (Å²) in [5.74, 6) is 1.63. The number of ether oxygens (including phenoxy) is 1. The van der Waals surface area contributed by atoms with E-state index in [9.17, 15) is 13.6 Å². The largest absolute Gasteiger partial charge is 0.435 e. The fraction of sp³-hybridized carbons (Fsp3) is 0.500. The van der Waals surface area contributed by atoms with E-state index in [1.807, 2.05) is 4.90 Å². The molecule has 1 aromatic carbocycles. The summed E-state index contributed by atoms with van der Waals surface area (Å²) in [5, 5.41) is 8.17. The first-order valence-electron chi connectivity index (χ1n) is 8.70. The van der Waals surface area contributed by atoms with Crippen LogP contribution in [0.5, 0.6) is 5.75 Å². The van der Waals surface area contributed by atoms with E-state index >= 15 is 0 Å². The second-order valence-corrected chi connectivity index (χ2v) is 7.74. The SMILES string of the molecule is CC1CC(C)CN(C(=O)CSc2nnc(-c3ccc(OC(F)F)cc3)o2)C1. The minimum Gasteiger partial charge on any atom is -0.435 e. The van der Waals surface area contributed by atoms with Crippen LogP contribution >= 0.6 is 11.8 Å². The predicted octanol–water partition coefficient (Wildman–Crippen LogP) is 3.93. The molecule has 1 fully saturated rings. The molecule has 1 aliphatic rings. The molecule has 0 saturated carbocycles. The summed E-state index contributed by atoms with van der Waals surface area (Å²) >= 11 is 1.20. The maximum Gasteiger partial charge on any atom is 0.387 e. The van der Waals surface area contributed by atoms with Gasteiger partial charge in [0, 0.05) is 18.7 Å². The van der Waals surface area contributed by atoms with Gasteiger partial charge >= 0.3 is 6.61 Å². The lowest BCUT2D eigenvalue weighted by atomic mass is 9.92. The third-order valence-electron chi connectivity index (χ3n) is 4.27. The molecule has 1 aliphatic heterocycles. The van der Waals surface area contributed by atoms with E-state index in [4.69, 9.17) is 4.42 Å². The van der Waals surface area contributed by atoms with Crippen LogP contribution in [0.1, 0.15) is 20.3 Å². The van der Waals surface area contributed by atoms with Crippen molar-refractivity contribution in [3.63, 3.8) is 0 Å². The number of aromatic nitrogens is 2. The summed E-state index contributed by atoms with van der Waals surface area (Å²) in [4.78, 5) is 14.3. The van der Waals surface area contributed by atoms with Crippen LogP contribution in [0.4, 0.5) is 8.78 Å². The summed E-state index contributed by atoms with van der Waals surface area (Å²) in [7, 11) is 0. The van der Waals surface area contributed by atoms with E-state index in [1.165, 1.54) is 23.9 Å². The number of carbonyl (C=O) groups is 1. The van der Waals surface area contributed by atoms with Gasteiger partial charge in [0.1, 0.15) is 5.75 Å². The Labute approximate surface area is 160 Å². The Kier molecular flexibility index (Phi) is 6.30. The molecule has 9 heteroatoms. The van der Waals surface area contributed by atoms with Gasteiger partial charge in [0.05, 0.1) is 5.75 Å². The number of alkyl halides is 2. The molecule has 146 valence electrons. The summed E-state index contributed by atoms with van der Waals surface area (Å²) in [6.45, 7) is 3.01. The van der Waals surface area contributed by atoms with Crippen LogP contribution in [0, 0.1) is 11.8 Å². The zero-order valence-electron chi connectivity index (χ0n) is 15.1.